The van der Waals surface area contributed by atoms with E-state index in [1.54, 1.807) is 6.20 Å². The molecule has 0 aliphatic carbocycles. The fraction of sp³-hybridized carbons (Fsp3) is 0.200. The zero-order valence-corrected chi connectivity index (χ0v) is 14.1. The van der Waals surface area contributed by atoms with Crippen molar-refractivity contribution in [3.05, 3.63) is 83.5 Å². The lowest BCUT2D eigenvalue weighted by Gasteiger charge is -2.03. The van der Waals surface area contributed by atoms with E-state index in [1.165, 1.54) is 16.5 Å². The Labute approximate surface area is 146 Å². The maximum atomic E-state index is 4.51. The van der Waals surface area contributed by atoms with Crippen molar-refractivity contribution in [1.82, 2.24) is 24.9 Å². The predicted molar refractivity (Wildman–Crippen MR) is 97.3 cm³/mol. The number of fused-ring (bicyclic) bond motifs is 1. The number of pyridine rings is 2. The normalized spacial score (nSPS) is 11.1. The van der Waals surface area contributed by atoms with Crippen LogP contribution in [-0.2, 0) is 19.3 Å². The number of nitrogens with one attached hydrogen (secondary N) is 1. The molecule has 4 rings (SSSR count). The van der Waals surface area contributed by atoms with Crippen LogP contribution in [0.1, 0.15) is 28.1 Å². The number of hydrogen-bond acceptors (Lipinski definition) is 4. The summed E-state index contributed by atoms with van der Waals surface area (Å²) in [6, 6.07) is 6.20. The molecule has 4 aromatic rings. The number of H-pyrrole nitrogens is 1. The van der Waals surface area contributed by atoms with E-state index in [0.29, 0.717) is 0 Å². The first kappa shape index (κ1) is 15.4. The number of nitrogens with zero attached hydrogens (tertiary/aromatic N) is 4. The number of rotatable bonds is 5. The average molecular weight is 329 g/mol. The topological polar surface area (TPSA) is 67.3 Å². The van der Waals surface area contributed by atoms with Crippen molar-refractivity contribution >= 4 is 11.0 Å². The van der Waals surface area contributed by atoms with Crippen LogP contribution in [0.4, 0.5) is 0 Å². The van der Waals surface area contributed by atoms with E-state index in [-0.39, 0.29) is 0 Å². The summed E-state index contributed by atoms with van der Waals surface area (Å²) < 4.78 is 0. The van der Waals surface area contributed by atoms with Gasteiger partial charge in [-0.3, -0.25) is 4.98 Å². The van der Waals surface area contributed by atoms with Gasteiger partial charge in [0, 0.05) is 55.4 Å². The minimum absolute atomic E-state index is 0.800. The molecule has 4 aromatic heterocycles. The highest BCUT2D eigenvalue weighted by atomic mass is 14.9. The first-order valence-electron chi connectivity index (χ1n) is 8.39. The van der Waals surface area contributed by atoms with Gasteiger partial charge in [-0.25, -0.2) is 15.0 Å². The maximum Gasteiger partial charge on any atom is 0.137 e. The van der Waals surface area contributed by atoms with Crippen LogP contribution in [0.2, 0.25) is 0 Å². The molecule has 5 nitrogen and oxygen atoms in total. The van der Waals surface area contributed by atoms with E-state index >= 15 is 0 Å². The second-order valence-corrected chi connectivity index (χ2v) is 6.27. The minimum atomic E-state index is 0.800. The van der Waals surface area contributed by atoms with Gasteiger partial charge in [0.1, 0.15) is 11.5 Å². The fourth-order valence-corrected chi connectivity index (χ4v) is 2.93. The van der Waals surface area contributed by atoms with Crippen LogP contribution in [0, 0.1) is 6.92 Å². The van der Waals surface area contributed by atoms with E-state index < -0.39 is 0 Å². The summed E-state index contributed by atoms with van der Waals surface area (Å²) in [6.07, 6.45) is 14.0. The first-order chi connectivity index (χ1) is 12.3. The maximum absolute atomic E-state index is 4.51. The van der Waals surface area contributed by atoms with Crippen molar-refractivity contribution in [2.24, 2.45) is 0 Å². The second-order valence-electron chi connectivity index (χ2n) is 6.27. The van der Waals surface area contributed by atoms with Gasteiger partial charge in [0.25, 0.3) is 0 Å². The Morgan fingerprint density at radius 2 is 1.84 bits per heavy atom. The number of aryl methyl sites for hydroxylation is 3. The van der Waals surface area contributed by atoms with Gasteiger partial charge in [0.15, 0.2) is 0 Å². The molecule has 4 heterocycles. The molecule has 5 heteroatoms. The average Bonchev–Trinajstić information content (AvgIpc) is 3.04. The van der Waals surface area contributed by atoms with Gasteiger partial charge in [0.05, 0.1) is 0 Å². The molecule has 0 spiro atoms. The third-order valence-electron chi connectivity index (χ3n) is 4.27. The molecule has 0 radical (unpaired) electrons. The smallest absolute Gasteiger partial charge is 0.137 e. The van der Waals surface area contributed by atoms with Crippen molar-refractivity contribution in [3.8, 4) is 0 Å². The minimum Gasteiger partial charge on any atom is -0.346 e. The lowest BCUT2D eigenvalue weighted by molar-refractivity contribution is 0.845. The Hall–Kier alpha value is -3.08. The number of aromatic nitrogens is 5. The van der Waals surface area contributed by atoms with Crippen molar-refractivity contribution in [1.29, 1.82) is 0 Å². The Morgan fingerprint density at radius 1 is 0.960 bits per heavy atom. The first-order valence-corrected chi connectivity index (χ1v) is 8.39. The lowest BCUT2D eigenvalue weighted by Crippen LogP contribution is -2.00. The third-order valence-corrected chi connectivity index (χ3v) is 4.27. The molecule has 0 aliphatic heterocycles. The summed E-state index contributed by atoms with van der Waals surface area (Å²) in [6.45, 7) is 2.06. The molecule has 124 valence electrons. The van der Waals surface area contributed by atoms with Crippen LogP contribution in [0.3, 0.4) is 0 Å². The Morgan fingerprint density at radius 3 is 2.64 bits per heavy atom. The van der Waals surface area contributed by atoms with E-state index in [0.717, 1.165) is 41.9 Å². The van der Waals surface area contributed by atoms with Crippen molar-refractivity contribution in [2.45, 2.75) is 26.2 Å². The van der Waals surface area contributed by atoms with Gasteiger partial charge in [-0.1, -0.05) is 6.07 Å². The monoisotopic (exact) mass is 329 g/mol. The molecule has 0 bridgehead atoms. The number of hydrogen-bond donors (Lipinski definition) is 1. The molecular weight excluding hydrogens is 310 g/mol. The van der Waals surface area contributed by atoms with Crippen LogP contribution in [-0.4, -0.2) is 24.9 Å². The summed E-state index contributed by atoms with van der Waals surface area (Å²) in [7, 11) is 0. The summed E-state index contributed by atoms with van der Waals surface area (Å²) in [5, 5.41) is 1.17. The SMILES string of the molecule is Cc1cnc2[nH]cc(Cc3cnc(CCc4cccnc4)nc3)c2c1. The van der Waals surface area contributed by atoms with Gasteiger partial charge < -0.3 is 4.98 Å². The van der Waals surface area contributed by atoms with E-state index in [2.05, 4.69) is 44.0 Å². The van der Waals surface area contributed by atoms with Crippen molar-refractivity contribution in [2.75, 3.05) is 0 Å². The highest BCUT2D eigenvalue weighted by molar-refractivity contribution is 5.80. The van der Waals surface area contributed by atoms with Crippen molar-refractivity contribution in [3.63, 3.8) is 0 Å². The van der Waals surface area contributed by atoms with Gasteiger partial charge in [-0.2, -0.15) is 0 Å². The van der Waals surface area contributed by atoms with Gasteiger partial charge in [-0.05, 0) is 47.7 Å². The van der Waals surface area contributed by atoms with E-state index in [4.69, 9.17) is 0 Å². The van der Waals surface area contributed by atoms with E-state index in [9.17, 15) is 0 Å². The quantitative estimate of drug-likeness (QED) is 0.609. The molecule has 0 aliphatic rings. The molecule has 0 atom stereocenters. The molecule has 1 N–H and O–H groups in total. The molecule has 0 amide bonds. The standard InChI is InChI=1S/C20H19N5/c1-14-7-18-17(13-25-20(18)24-9-14)8-16-11-22-19(23-12-16)5-4-15-3-2-6-21-10-15/h2-3,6-7,9-13H,4-5,8H2,1H3,(H,24,25). The molecule has 0 unspecified atom stereocenters. The Balaban J connectivity index is 1.45. The largest absolute Gasteiger partial charge is 0.346 e. The van der Waals surface area contributed by atoms with Gasteiger partial charge >= 0.3 is 0 Å². The third kappa shape index (κ3) is 3.55. The lowest BCUT2D eigenvalue weighted by atomic mass is 10.1. The molecule has 25 heavy (non-hydrogen) atoms. The second kappa shape index (κ2) is 6.81. The molecular formula is C20H19N5. The highest BCUT2D eigenvalue weighted by Gasteiger charge is 2.07. The molecule has 0 fully saturated rings. The van der Waals surface area contributed by atoms with Gasteiger partial charge in [-0.15, -0.1) is 0 Å². The van der Waals surface area contributed by atoms with E-state index in [1.807, 2.05) is 37.1 Å². The molecule has 0 aromatic carbocycles. The zero-order valence-electron chi connectivity index (χ0n) is 14.1. The number of aromatic amines is 1. The Kier molecular flexibility index (Phi) is 4.21. The fourth-order valence-electron chi connectivity index (χ4n) is 2.93. The zero-order chi connectivity index (χ0) is 17.1. The highest BCUT2D eigenvalue weighted by Crippen LogP contribution is 2.20. The predicted octanol–water partition coefficient (Wildman–Crippen LogP) is 3.43. The summed E-state index contributed by atoms with van der Waals surface area (Å²) in [5.41, 5.74) is 5.62. The van der Waals surface area contributed by atoms with Crippen LogP contribution in [0.5, 0.6) is 0 Å². The van der Waals surface area contributed by atoms with Crippen LogP contribution < -0.4 is 0 Å². The Bertz CT molecular complexity index is 974. The molecule has 0 saturated heterocycles. The molecule has 0 saturated carbocycles. The summed E-state index contributed by atoms with van der Waals surface area (Å²) in [5.74, 6) is 0.865. The van der Waals surface area contributed by atoms with Crippen LogP contribution in [0.15, 0.2) is 55.4 Å². The van der Waals surface area contributed by atoms with Crippen LogP contribution >= 0.6 is 0 Å². The summed E-state index contributed by atoms with van der Waals surface area (Å²) in [4.78, 5) is 20.8. The van der Waals surface area contributed by atoms with Crippen LogP contribution in [0.25, 0.3) is 11.0 Å². The summed E-state index contributed by atoms with van der Waals surface area (Å²) >= 11 is 0. The van der Waals surface area contributed by atoms with Gasteiger partial charge in [0.2, 0.25) is 0 Å². The van der Waals surface area contributed by atoms with Crippen molar-refractivity contribution < 1.29 is 0 Å².